The smallest absolute Gasteiger partial charge is 0.273 e. The van der Waals surface area contributed by atoms with Crippen molar-refractivity contribution in [3.8, 4) is 0 Å². The Kier molecular flexibility index (Phi) is 4.43. The normalized spacial score (nSPS) is 34.1. The van der Waals surface area contributed by atoms with E-state index in [2.05, 4.69) is 11.9 Å². The van der Waals surface area contributed by atoms with Crippen LogP contribution in [0.4, 0.5) is 0 Å². The number of carbonyl (C=O) groups excluding carboxylic acids is 1. The van der Waals surface area contributed by atoms with Gasteiger partial charge in [-0.15, -0.1) is 0 Å². The van der Waals surface area contributed by atoms with Crippen molar-refractivity contribution in [2.45, 2.75) is 64.1 Å². The zero-order valence-corrected chi connectivity index (χ0v) is 14.0. The molecule has 0 unspecified atom stereocenters. The van der Waals surface area contributed by atoms with Crippen molar-refractivity contribution in [2.24, 2.45) is 11.1 Å². The minimum absolute atomic E-state index is 0.0208. The molecule has 0 bridgehead atoms. The van der Waals surface area contributed by atoms with Crippen molar-refractivity contribution in [1.29, 1.82) is 0 Å². The molecule has 1 aromatic heterocycles. The van der Waals surface area contributed by atoms with Crippen LogP contribution in [-0.2, 0) is 0 Å². The minimum Gasteiger partial charge on any atom is -0.392 e. The SMILES string of the molecule is Cc1cccc(C(=O)N2[C@@H](CN)C[C@@]3(C)[C@H](O)CCCC[C@@H]23)n1. The zero-order valence-electron chi connectivity index (χ0n) is 14.0. The molecule has 126 valence electrons. The number of carbonyl (C=O) groups is 1. The van der Waals surface area contributed by atoms with Gasteiger partial charge in [-0.1, -0.05) is 25.8 Å². The number of aromatic nitrogens is 1. The summed E-state index contributed by atoms with van der Waals surface area (Å²) in [6.07, 6.45) is 4.21. The van der Waals surface area contributed by atoms with Crippen LogP contribution in [0.5, 0.6) is 0 Å². The Hall–Kier alpha value is -1.46. The highest BCUT2D eigenvalue weighted by molar-refractivity contribution is 5.93. The number of nitrogens with zero attached hydrogens (tertiary/aromatic N) is 2. The summed E-state index contributed by atoms with van der Waals surface area (Å²) in [6.45, 7) is 4.43. The predicted molar refractivity (Wildman–Crippen MR) is 89.0 cm³/mol. The second kappa shape index (κ2) is 6.21. The molecule has 2 aliphatic rings. The van der Waals surface area contributed by atoms with E-state index < -0.39 is 0 Å². The van der Waals surface area contributed by atoms with Gasteiger partial charge in [0, 0.05) is 29.7 Å². The molecule has 1 aliphatic heterocycles. The third kappa shape index (κ3) is 2.76. The quantitative estimate of drug-likeness (QED) is 0.873. The third-order valence-electron chi connectivity index (χ3n) is 5.75. The van der Waals surface area contributed by atoms with E-state index in [4.69, 9.17) is 5.73 Å². The zero-order chi connectivity index (χ0) is 16.6. The first-order chi connectivity index (χ1) is 11.0. The molecule has 0 spiro atoms. The van der Waals surface area contributed by atoms with Gasteiger partial charge in [-0.3, -0.25) is 4.79 Å². The number of aryl methyl sites for hydroxylation is 1. The number of hydrogen-bond donors (Lipinski definition) is 2. The Morgan fingerprint density at radius 1 is 1.43 bits per heavy atom. The molecule has 4 atom stereocenters. The molecule has 2 fully saturated rings. The van der Waals surface area contributed by atoms with Gasteiger partial charge >= 0.3 is 0 Å². The summed E-state index contributed by atoms with van der Waals surface area (Å²) in [5, 5.41) is 10.7. The topological polar surface area (TPSA) is 79.5 Å². The maximum absolute atomic E-state index is 13.1. The maximum Gasteiger partial charge on any atom is 0.273 e. The number of fused-ring (bicyclic) bond motifs is 1. The van der Waals surface area contributed by atoms with Gasteiger partial charge in [-0.25, -0.2) is 4.98 Å². The van der Waals surface area contributed by atoms with E-state index in [-0.39, 0.29) is 29.5 Å². The second-order valence-electron chi connectivity index (χ2n) is 7.29. The van der Waals surface area contributed by atoms with Gasteiger partial charge in [0.1, 0.15) is 5.69 Å². The number of hydrogen-bond acceptors (Lipinski definition) is 4. The molecule has 1 aromatic rings. The fraction of sp³-hybridized carbons (Fsp3) is 0.667. The molecule has 1 saturated heterocycles. The summed E-state index contributed by atoms with van der Waals surface area (Å²) < 4.78 is 0. The second-order valence-corrected chi connectivity index (χ2v) is 7.29. The molecule has 3 N–H and O–H groups in total. The Morgan fingerprint density at radius 2 is 2.17 bits per heavy atom. The number of likely N-dealkylation sites (tertiary alicyclic amines) is 1. The molecule has 5 heteroatoms. The maximum atomic E-state index is 13.1. The van der Waals surface area contributed by atoms with Crippen LogP contribution < -0.4 is 5.73 Å². The molecule has 23 heavy (non-hydrogen) atoms. The highest BCUT2D eigenvalue weighted by Gasteiger charge is 2.54. The highest BCUT2D eigenvalue weighted by Crippen LogP contribution is 2.48. The lowest BCUT2D eigenvalue weighted by Gasteiger charge is -2.37. The highest BCUT2D eigenvalue weighted by atomic mass is 16.3. The Bertz CT molecular complexity index is 591. The van der Waals surface area contributed by atoms with Gasteiger partial charge in [0.15, 0.2) is 0 Å². The van der Waals surface area contributed by atoms with E-state index in [9.17, 15) is 9.90 Å². The molecule has 1 aliphatic carbocycles. The van der Waals surface area contributed by atoms with Crippen molar-refractivity contribution >= 4 is 5.91 Å². The first-order valence-corrected chi connectivity index (χ1v) is 8.62. The van der Waals surface area contributed by atoms with Crippen LogP contribution >= 0.6 is 0 Å². The lowest BCUT2D eigenvalue weighted by atomic mass is 9.75. The number of pyridine rings is 1. The number of rotatable bonds is 2. The van der Waals surface area contributed by atoms with Crippen LogP contribution in [-0.4, -0.2) is 45.6 Å². The Morgan fingerprint density at radius 3 is 2.87 bits per heavy atom. The predicted octanol–water partition coefficient (Wildman–Crippen LogP) is 1.87. The summed E-state index contributed by atoms with van der Waals surface area (Å²) in [5.41, 5.74) is 7.02. The number of aliphatic hydroxyl groups is 1. The fourth-order valence-corrected chi connectivity index (χ4v) is 4.45. The van der Waals surface area contributed by atoms with Crippen LogP contribution in [0.1, 0.15) is 55.2 Å². The lowest BCUT2D eigenvalue weighted by molar-refractivity contribution is 0.0120. The van der Waals surface area contributed by atoms with Crippen LogP contribution in [0.2, 0.25) is 0 Å². The average Bonchev–Trinajstić information content (AvgIpc) is 2.76. The standard InChI is InChI=1S/C18H27N3O2/c1-12-6-5-7-14(20-12)17(23)21-13(11-19)10-18(2)15(21)8-3-4-9-16(18)22/h5-7,13,15-16,22H,3-4,8-11,19H2,1-2H3/t13-,15-,16-,18-/m1/s1. The third-order valence-corrected chi connectivity index (χ3v) is 5.75. The molecular weight excluding hydrogens is 290 g/mol. The molecule has 0 radical (unpaired) electrons. The van der Waals surface area contributed by atoms with E-state index in [0.717, 1.165) is 37.8 Å². The van der Waals surface area contributed by atoms with E-state index in [1.54, 1.807) is 6.07 Å². The van der Waals surface area contributed by atoms with E-state index >= 15 is 0 Å². The van der Waals surface area contributed by atoms with Gasteiger partial charge in [-0.2, -0.15) is 0 Å². The summed E-state index contributed by atoms with van der Waals surface area (Å²) in [6, 6.07) is 5.55. The monoisotopic (exact) mass is 317 g/mol. The van der Waals surface area contributed by atoms with E-state index in [1.165, 1.54) is 0 Å². The Labute approximate surface area is 137 Å². The van der Waals surface area contributed by atoms with Crippen molar-refractivity contribution in [2.75, 3.05) is 6.54 Å². The van der Waals surface area contributed by atoms with E-state index in [1.807, 2.05) is 24.0 Å². The fourth-order valence-electron chi connectivity index (χ4n) is 4.45. The first-order valence-electron chi connectivity index (χ1n) is 8.62. The van der Waals surface area contributed by atoms with Crippen molar-refractivity contribution < 1.29 is 9.90 Å². The summed E-state index contributed by atoms with van der Waals surface area (Å²) in [4.78, 5) is 19.4. The number of amides is 1. The molecule has 2 heterocycles. The van der Waals surface area contributed by atoms with Crippen LogP contribution in [0.3, 0.4) is 0 Å². The molecule has 5 nitrogen and oxygen atoms in total. The summed E-state index contributed by atoms with van der Waals surface area (Å²) in [7, 11) is 0. The Balaban J connectivity index is 1.97. The largest absolute Gasteiger partial charge is 0.392 e. The van der Waals surface area contributed by atoms with Gasteiger partial charge in [0.05, 0.1) is 6.10 Å². The van der Waals surface area contributed by atoms with Crippen molar-refractivity contribution in [3.05, 3.63) is 29.6 Å². The molecular formula is C18H27N3O2. The first kappa shape index (κ1) is 16.4. The molecule has 1 amide bonds. The number of aliphatic hydroxyl groups excluding tert-OH is 1. The van der Waals surface area contributed by atoms with Gasteiger partial charge in [0.25, 0.3) is 5.91 Å². The average molecular weight is 317 g/mol. The number of nitrogens with two attached hydrogens (primary N) is 1. The summed E-state index contributed by atoms with van der Waals surface area (Å²) in [5.74, 6) is -0.0491. The van der Waals surface area contributed by atoms with Gasteiger partial charge in [0.2, 0.25) is 0 Å². The molecule has 0 aromatic carbocycles. The van der Waals surface area contributed by atoms with E-state index in [0.29, 0.717) is 12.2 Å². The lowest BCUT2D eigenvalue weighted by Crippen LogP contribution is -2.48. The summed E-state index contributed by atoms with van der Waals surface area (Å²) >= 11 is 0. The van der Waals surface area contributed by atoms with Crippen molar-refractivity contribution in [1.82, 2.24) is 9.88 Å². The molecule has 3 rings (SSSR count). The van der Waals surface area contributed by atoms with Crippen LogP contribution in [0.15, 0.2) is 18.2 Å². The minimum atomic E-state index is -0.368. The van der Waals surface area contributed by atoms with Crippen LogP contribution in [0, 0.1) is 12.3 Å². The van der Waals surface area contributed by atoms with Crippen molar-refractivity contribution in [3.63, 3.8) is 0 Å². The van der Waals surface area contributed by atoms with Gasteiger partial charge in [-0.05, 0) is 38.3 Å². The molecule has 1 saturated carbocycles. The van der Waals surface area contributed by atoms with Crippen LogP contribution in [0.25, 0.3) is 0 Å². The van der Waals surface area contributed by atoms with Gasteiger partial charge < -0.3 is 15.7 Å².